The summed E-state index contributed by atoms with van der Waals surface area (Å²) in [6.07, 6.45) is 1.78. The van der Waals surface area contributed by atoms with Crippen molar-refractivity contribution in [2.24, 2.45) is 0 Å². The molecule has 0 fully saturated rings. The second kappa shape index (κ2) is 10.8. The molecule has 0 radical (unpaired) electrons. The number of carbonyl (C=O) groups excluding carboxylic acids is 3. The van der Waals surface area contributed by atoms with Crippen molar-refractivity contribution >= 4 is 29.3 Å². The Bertz CT molecular complexity index is 1180. The maximum Gasteiger partial charge on any atom is 0.259 e. The van der Waals surface area contributed by atoms with Gasteiger partial charge in [-0.1, -0.05) is 47.1 Å². The van der Waals surface area contributed by atoms with Gasteiger partial charge in [0.05, 0.1) is 24.8 Å². The number of nitrogens with zero attached hydrogens (tertiary/aromatic N) is 2. The molecule has 3 aromatic rings. The Kier molecular flexibility index (Phi) is 7.44. The van der Waals surface area contributed by atoms with Crippen LogP contribution in [0.25, 0.3) is 11.3 Å². The highest BCUT2D eigenvalue weighted by Gasteiger charge is 2.25. The maximum atomic E-state index is 13.3. The van der Waals surface area contributed by atoms with Crippen molar-refractivity contribution < 1.29 is 23.6 Å². The summed E-state index contributed by atoms with van der Waals surface area (Å²) in [4.78, 5) is 40.0. The van der Waals surface area contributed by atoms with Crippen molar-refractivity contribution in [3.05, 3.63) is 70.9 Å². The number of hydrogen-bond donors (Lipinski definition) is 2. The Morgan fingerprint density at radius 1 is 1.06 bits per heavy atom. The van der Waals surface area contributed by atoms with Gasteiger partial charge in [-0.15, -0.1) is 0 Å². The number of amides is 3. The fourth-order valence-electron chi connectivity index (χ4n) is 3.57. The minimum atomic E-state index is -0.387. The number of fused-ring (bicyclic) bond motifs is 1. The molecule has 2 heterocycles. The van der Waals surface area contributed by atoms with Crippen LogP contribution in [-0.2, 0) is 4.79 Å². The summed E-state index contributed by atoms with van der Waals surface area (Å²) in [6, 6.07) is 13.9. The van der Waals surface area contributed by atoms with Crippen LogP contribution in [0, 0.1) is 0 Å². The van der Waals surface area contributed by atoms with Gasteiger partial charge in [0.15, 0.2) is 5.76 Å². The number of aromatic nitrogens is 1. The van der Waals surface area contributed by atoms with E-state index in [-0.39, 0.29) is 56.1 Å². The monoisotopic (exact) mass is 482 g/mol. The van der Waals surface area contributed by atoms with Gasteiger partial charge in [0.25, 0.3) is 11.8 Å². The van der Waals surface area contributed by atoms with E-state index in [0.29, 0.717) is 34.1 Å². The van der Waals surface area contributed by atoms with E-state index in [9.17, 15) is 14.4 Å². The van der Waals surface area contributed by atoms with Crippen LogP contribution >= 0.6 is 11.6 Å². The van der Waals surface area contributed by atoms with Crippen molar-refractivity contribution in [3.63, 3.8) is 0 Å². The normalized spacial score (nSPS) is 15.4. The molecular formula is C24H23ClN4O5. The standard InChI is InChI=1S/C24H23ClN4O5/c25-17-7-8-20-18(13-17)23(31)27-9-4-11-29(15-21(30)26-10-12-33-20)24(32)19-14-28-34-22(19)16-5-2-1-3-6-16/h1-3,5-8,13-14H,4,9-12,15H2,(H,26,30)(H,27,31). The first-order valence-electron chi connectivity index (χ1n) is 10.8. The highest BCUT2D eigenvalue weighted by atomic mass is 35.5. The molecule has 0 atom stereocenters. The van der Waals surface area contributed by atoms with Crippen LogP contribution < -0.4 is 15.4 Å². The molecule has 176 valence electrons. The fraction of sp³-hybridized carbons (Fsp3) is 0.250. The highest BCUT2D eigenvalue weighted by Crippen LogP contribution is 2.25. The Balaban J connectivity index is 1.51. The molecule has 1 aliphatic rings. The summed E-state index contributed by atoms with van der Waals surface area (Å²) in [5.74, 6) is -0.331. The molecule has 3 amide bonds. The summed E-state index contributed by atoms with van der Waals surface area (Å²) in [5.41, 5.74) is 1.27. The number of rotatable bonds is 2. The summed E-state index contributed by atoms with van der Waals surface area (Å²) >= 11 is 6.04. The van der Waals surface area contributed by atoms with Crippen molar-refractivity contribution in [1.82, 2.24) is 20.7 Å². The molecule has 0 unspecified atom stereocenters. The van der Waals surface area contributed by atoms with E-state index in [1.807, 2.05) is 30.3 Å². The minimum Gasteiger partial charge on any atom is -0.491 e. The van der Waals surface area contributed by atoms with Crippen LogP contribution in [-0.4, -0.2) is 60.6 Å². The zero-order valence-electron chi connectivity index (χ0n) is 18.3. The first-order chi connectivity index (χ1) is 16.5. The molecular weight excluding hydrogens is 460 g/mol. The van der Waals surface area contributed by atoms with Gasteiger partial charge in [0.2, 0.25) is 5.91 Å². The van der Waals surface area contributed by atoms with Gasteiger partial charge >= 0.3 is 0 Å². The van der Waals surface area contributed by atoms with Gasteiger partial charge in [-0.2, -0.15) is 0 Å². The Morgan fingerprint density at radius 2 is 1.88 bits per heavy atom. The largest absolute Gasteiger partial charge is 0.491 e. The number of halogens is 1. The summed E-state index contributed by atoms with van der Waals surface area (Å²) in [5, 5.41) is 9.76. The smallest absolute Gasteiger partial charge is 0.259 e. The average Bonchev–Trinajstić information content (AvgIpc) is 3.34. The van der Waals surface area contributed by atoms with Crippen LogP contribution in [0.2, 0.25) is 5.02 Å². The van der Waals surface area contributed by atoms with Crippen molar-refractivity contribution in [2.75, 3.05) is 32.8 Å². The predicted octanol–water partition coefficient (Wildman–Crippen LogP) is 2.77. The van der Waals surface area contributed by atoms with Crippen LogP contribution in [0.15, 0.2) is 59.3 Å². The van der Waals surface area contributed by atoms with Crippen molar-refractivity contribution in [1.29, 1.82) is 0 Å². The molecule has 10 heteroatoms. The fourth-order valence-corrected chi connectivity index (χ4v) is 3.74. The first-order valence-corrected chi connectivity index (χ1v) is 11.2. The molecule has 2 N–H and O–H groups in total. The maximum absolute atomic E-state index is 13.3. The topological polar surface area (TPSA) is 114 Å². The van der Waals surface area contributed by atoms with Gasteiger partial charge in [0.1, 0.15) is 17.9 Å². The molecule has 0 aliphatic carbocycles. The third-order valence-corrected chi connectivity index (χ3v) is 5.45. The molecule has 0 saturated carbocycles. The second-order valence-electron chi connectivity index (χ2n) is 7.61. The highest BCUT2D eigenvalue weighted by molar-refractivity contribution is 6.31. The lowest BCUT2D eigenvalue weighted by Gasteiger charge is -2.23. The summed E-state index contributed by atoms with van der Waals surface area (Å²) in [7, 11) is 0. The van der Waals surface area contributed by atoms with Gasteiger partial charge in [0, 0.05) is 23.7 Å². The predicted molar refractivity (Wildman–Crippen MR) is 125 cm³/mol. The van der Waals surface area contributed by atoms with E-state index in [1.165, 1.54) is 17.2 Å². The summed E-state index contributed by atoms with van der Waals surface area (Å²) < 4.78 is 11.0. The lowest BCUT2D eigenvalue weighted by atomic mass is 10.1. The number of ether oxygens (including phenoxy) is 1. The molecule has 34 heavy (non-hydrogen) atoms. The van der Waals surface area contributed by atoms with Crippen molar-refractivity contribution in [3.8, 4) is 17.1 Å². The lowest BCUT2D eigenvalue weighted by Crippen LogP contribution is -2.43. The Labute approximate surface area is 201 Å². The number of hydrogen-bond acceptors (Lipinski definition) is 6. The van der Waals surface area contributed by atoms with Gasteiger partial charge in [-0.05, 0) is 24.6 Å². The van der Waals surface area contributed by atoms with Crippen LogP contribution in [0.4, 0.5) is 0 Å². The second-order valence-corrected chi connectivity index (χ2v) is 8.05. The SMILES string of the molecule is O=C1CN(C(=O)c2cnoc2-c2ccccc2)CCCNC(=O)c2cc(Cl)ccc2OCCN1. The van der Waals surface area contributed by atoms with E-state index in [0.717, 1.165) is 0 Å². The van der Waals surface area contributed by atoms with Crippen molar-refractivity contribution in [2.45, 2.75) is 6.42 Å². The summed E-state index contributed by atoms with van der Waals surface area (Å²) in [6.45, 7) is 0.715. The van der Waals surface area contributed by atoms with E-state index < -0.39 is 0 Å². The average molecular weight is 483 g/mol. The van der Waals surface area contributed by atoms with Gasteiger partial charge in [-0.3, -0.25) is 14.4 Å². The Morgan fingerprint density at radius 3 is 2.71 bits per heavy atom. The van der Waals surface area contributed by atoms with E-state index in [4.69, 9.17) is 20.9 Å². The van der Waals surface area contributed by atoms with Gasteiger partial charge < -0.3 is 24.8 Å². The molecule has 0 spiro atoms. The van der Waals surface area contributed by atoms with Gasteiger partial charge in [-0.25, -0.2) is 0 Å². The zero-order chi connectivity index (χ0) is 23.9. The van der Waals surface area contributed by atoms with E-state index >= 15 is 0 Å². The molecule has 1 aliphatic heterocycles. The number of nitrogens with one attached hydrogen (secondary N) is 2. The third-order valence-electron chi connectivity index (χ3n) is 5.22. The van der Waals surface area contributed by atoms with E-state index in [1.54, 1.807) is 12.1 Å². The third kappa shape index (κ3) is 5.55. The van der Waals surface area contributed by atoms with Crippen LogP contribution in [0.3, 0.4) is 0 Å². The van der Waals surface area contributed by atoms with E-state index in [2.05, 4.69) is 15.8 Å². The number of carbonyl (C=O) groups is 3. The van der Waals surface area contributed by atoms with Crippen LogP contribution in [0.1, 0.15) is 27.1 Å². The molecule has 0 saturated heterocycles. The quantitative estimate of drug-likeness (QED) is 0.580. The first kappa shape index (κ1) is 23.3. The molecule has 1 aromatic heterocycles. The molecule has 2 aromatic carbocycles. The number of benzene rings is 2. The molecule has 4 rings (SSSR count). The lowest BCUT2D eigenvalue weighted by molar-refractivity contribution is -0.121. The zero-order valence-corrected chi connectivity index (χ0v) is 19.0. The molecule has 0 bridgehead atoms. The molecule has 9 nitrogen and oxygen atoms in total. The Hall–Kier alpha value is -3.85. The van der Waals surface area contributed by atoms with Crippen LogP contribution in [0.5, 0.6) is 5.75 Å². The minimum absolute atomic E-state index is 0.144.